The predicted molar refractivity (Wildman–Crippen MR) is 94.3 cm³/mol. The molecule has 4 nitrogen and oxygen atoms in total. The van der Waals surface area contributed by atoms with Gasteiger partial charge < -0.3 is 9.47 Å². The minimum atomic E-state index is -0.420. The van der Waals surface area contributed by atoms with Gasteiger partial charge in [-0.15, -0.1) is 0 Å². The summed E-state index contributed by atoms with van der Waals surface area (Å²) in [5.74, 6) is 0.782. The highest BCUT2D eigenvalue weighted by Crippen LogP contribution is 2.20. The molecule has 0 atom stereocenters. The Morgan fingerprint density at radius 3 is 2.46 bits per heavy atom. The molecule has 24 heavy (non-hydrogen) atoms. The second-order valence-electron chi connectivity index (χ2n) is 5.32. The number of hydrogen-bond acceptors (Lipinski definition) is 4. The lowest BCUT2D eigenvalue weighted by molar-refractivity contribution is -0.130. The highest BCUT2D eigenvalue weighted by molar-refractivity contribution is 6.30. The summed E-state index contributed by atoms with van der Waals surface area (Å²) in [4.78, 5) is 16.2. The van der Waals surface area contributed by atoms with E-state index in [9.17, 15) is 4.79 Å². The molecule has 1 aliphatic rings. The summed E-state index contributed by atoms with van der Waals surface area (Å²) in [6, 6.07) is 15.0. The van der Waals surface area contributed by atoms with Crippen molar-refractivity contribution < 1.29 is 14.3 Å². The van der Waals surface area contributed by atoms with Gasteiger partial charge in [-0.2, -0.15) is 0 Å². The molecular weight excluding hydrogens is 326 g/mol. The van der Waals surface area contributed by atoms with Crippen LogP contribution in [0.4, 0.5) is 0 Å². The van der Waals surface area contributed by atoms with Crippen molar-refractivity contribution in [2.24, 2.45) is 4.99 Å². The summed E-state index contributed by atoms with van der Waals surface area (Å²) >= 11 is 5.86. The van der Waals surface area contributed by atoms with E-state index in [1.54, 1.807) is 13.2 Å². The molecule has 2 aromatic rings. The van der Waals surface area contributed by atoms with Crippen LogP contribution >= 0.6 is 11.6 Å². The van der Waals surface area contributed by atoms with E-state index < -0.39 is 5.97 Å². The van der Waals surface area contributed by atoms with Crippen LogP contribution in [0.3, 0.4) is 0 Å². The summed E-state index contributed by atoms with van der Waals surface area (Å²) in [6.07, 6.45) is 3.00. The van der Waals surface area contributed by atoms with Gasteiger partial charge in [0.25, 0.3) is 0 Å². The van der Waals surface area contributed by atoms with Gasteiger partial charge in [-0.3, -0.25) is 0 Å². The number of aliphatic imine (C=N–C) groups is 1. The van der Waals surface area contributed by atoms with Gasteiger partial charge in [0.2, 0.25) is 0 Å². The van der Waals surface area contributed by atoms with Crippen molar-refractivity contribution in [1.29, 1.82) is 0 Å². The smallest absolute Gasteiger partial charge is 0.363 e. The Balaban J connectivity index is 1.67. The number of cyclic esters (lactones) is 1. The van der Waals surface area contributed by atoms with Crippen molar-refractivity contribution in [1.82, 2.24) is 0 Å². The minimum absolute atomic E-state index is 0.311. The minimum Gasteiger partial charge on any atom is -0.497 e. The fraction of sp³-hybridized carbons (Fsp3) is 0.158. The third-order valence-corrected chi connectivity index (χ3v) is 3.88. The van der Waals surface area contributed by atoms with E-state index >= 15 is 0 Å². The van der Waals surface area contributed by atoms with Crippen molar-refractivity contribution >= 4 is 29.5 Å². The molecule has 0 bridgehead atoms. The van der Waals surface area contributed by atoms with Crippen molar-refractivity contribution in [2.45, 2.75) is 12.8 Å². The van der Waals surface area contributed by atoms with Crippen molar-refractivity contribution in [3.05, 3.63) is 70.4 Å². The third-order valence-electron chi connectivity index (χ3n) is 3.62. The molecule has 5 heteroatoms. The number of methoxy groups -OCH3 is 1. The summed E-state index contributed by atoms with van der Waals surface area (Å²) in [7, 11) is 1.61. The van der Waals surface area contributed by atoms with Gasteiger partial charge in [0.15, 0.2) is 11.6 Å². The van der Waals surface area contributed by atoms with Crippen molar-refractivity contribution in [2.75, 3.05) is 7.11 Å². The van der Waals surface area contributed by atoms with Crippen LogP contribution in [0.25, 0.3) is 6.08 Å². The van der Waals surface area contributed by atoms with Gasteiger partial charge in [-0.25, -0.2) is 9.79 Å². The molecule has 3 rings (SSSR count). The number of ether oxygens (including phenoxy) is 2. The number of carbonyl (C=O) groups is 1. The average molecular weight is 342 g/mol. The van der Waals surface area contributed by atoms with Crippen LogP contribution in [-0.4, -0.2) is 19.0 Å². The number of benzene rings is 2. The van der Waals surface area contributed by atoms with Crippen LogP contribution < -0.4 is 4.74 Å². The number of hydrogen-bond donors (Lipinski definition) is 0. The number of aryl methyl sites for hydroxylation is 1. The van der Waals surface area contributed by atoms with Crippen LogP contribution in [0.2, 0.25) is 5.02 Å². The Morgan fingerprint density at radius 1 is 1.08 bits per heavy atom. The largest absolute Gasteiger partial charge is 0.497 e. The number of nitrogens with zero attached hydrogens (tertiary/aromatic N) is 1. The zero-order valence-corrected chi connectivity index (χ0v) is 13.9. The molecule has 0 N–H and O–H groups in total. The highest BCUT2D eigenvalue weighted by Gasteiger charge is 2.22. The second-order valence-corrected chi connectivity index (χ2v) is 5.76. The van der Waals surface area contributed by atoms with Gasteiger partial charge in [-0.1, -0.05) is 35.9 Å². The lowest BCUT2D eigenvalue weighted by atomic mass is 10.1. The van der Waals surface area contributed by atoms with Gasteiger partial charge in [0, 0.05) is 11.4 Å². The Bertz CT molecular complexity index is 792. The number of rotatable bonds is 5. The van der Waals surface area contributed by atoms with E-state index in [0.29, 0.717) is 23.0 Å². The molecule has 0 aliphatic carbocycles. The van der Waals surface area contributed by atoms with Crippen LogP contribution in [0.5, 0.6) is 5.75 Å². The molecule has 0 saturated carbocycles. The van der Waals surface area contributed by atoms with E-state index in [4.69, 9.17) is 21.1 Å². The third kappa shape index (κ3) is 4.03. The zero-order chi connectivity index (χ0) is 16.9. The van der Waals surface area contributed by atoms with Crippen molar-refractivity contribution in [3.8, 4) is 5.75 Å². The van der Waals surface area contributed by atoms with Gasteiger partial charge in [-0.05, 0) is 47.9 Å². The average Bonchev–Trinajstić information content (AvgIpc) is 2.95. The lowest BCUT2D eigenvalue weighted by Gasteiger charge is -2.00. The van der Waals surface area contributed by atoms with Gasteiger partial charge >= 0.3 is 5.97 Å². The SMILES string of the molecule is COc1ccc(/C=C2/N=C(CCc3ccc(Cl)cc3)OC2=O)cc1. The normalized spacial score (nSPS) is 15.3. The topological polar surface area (TPSA) is 47.9 Å². The van der Waals surface area contributed by atoms with Gasteiger partial charge in [0.1, 0.15) is 5.75 Å². The van der Waals surface area contributed by atoms with Crippen molar-refractivity contribution in [3.63, 3.8) is 0 Å². The monoisotopic (exact) mass is 341 g/mol. The summed E-state index contributed by atoms with van der Waals surface area (Å²) < 4.78 is 10.3. The summed E-state index contributed by atoms with van der Waals surface area (Å²) in [5.41, 5.74) is 2.29. The Hall–Kier alpha value is -2.59. The summed E-state index contributed by atoms with van der Waals surface area (Å²) in [6.45, 7) is 0. The zero-order valence-electron chi connectivity index (χ0n) is 13.2. The number of halogens is 1. The van der Waals surface area contributed by atoms with Crippen LogP contribution in [0.15, 0.2) is 59.2 Å². The molecule has 1 heterocycles. The Morgan fingerprint density at radius 2 is 1.79 bits per heavy atom. The quantitative estimate of drug-likeness (QED) is 0.602. The molecular formula is C19H16ClNO3. The first-order valence-electron chi connectivity index (χ1n) is 7.54. The van der Waals surface area contributed by atoms with E-state index in [-0.39, 0.29) is 0 Å². The molecule has 0 saturated heterocycles. The molecule has 2 aromatic carbocycles. The number of carbonyl (C=O) groups excluding carboxylic acids is 1. The van der Waals surface area contributed by atoms with Crippen LogP contribution in [0, 0.1) is 0 Å². The first kappa shape index (κ1) is 16.3. The Labute approximate surface area is 145 Å². The van der Waals surface area contributed by atoms with E-state index in [1.807, 2.05) is 48.5 Å². The lowest BCUT2D eigenvalue weighted by Crippen LogP contribution is -2.05. The van der Waals surface area contributed by atoms with E-state index in [1.165, 1.54) is 0 Å². The van der Waals surface area contributed by atoms with Crippen LogP contribution in [0.1, 0.15) is 17.5 Å². The standard InChI is InChI=1S/C19H16ClNO3/c1-23-16-9-4-14(5-10-16)12-17-19(22)24-18(21-17)11-6-13-2-7-15(20)8-3-13/h2-5,7-10,12H,6,11H2,1H3/b17-12+. The first-order valence-corrected chi connectivity index (χ1v) is 7.92. The second kappa shape index (κ2) is 7.32. The molecule has 0 fully saturated rings. The maximum Gasteiger partial charge on any atom is 0.363 e. The van der Waals surface area contributed by atoms with Crippen LogP contribution in [-0.2, 0) is 16.0 Å². The van der Waals surface area contributed by atoms with Gasteiger partial charge in [0.05, 0.1) is 7.11 Å². The van der Waals surface area contributed by atoms with E-state index in [0.717, 1.165) is 23.3 Å². The number of esters is 1. The molecule has 0 aromatic heterocycles. The molecule has 0 radical (unpaired) electrons. The fourth-order valence-electron chi connectivity index (χ4n) is 2.32. The first-order chi connectivity index (χ1) is 11.6. The highest BCUT2D eigenvalue weighted by atomic mass is 35.5. The maximum absolute atomic E-state index is 11.9. The molecule has 0 amide bonds. The molecule has 0 unspecified atom stereocenters. The maximum atomic E-state index is 11.9. The molecule has 122 valence electrons. The fourth-order valence-corrected chi connectivity index (χ4v) is 2.45. The Kier molecular flexibility index (Phi) is 4.96. The molecule has 1 aliphatic heterocycles. The summed E-state index contributed by atoms with van der Waals surface area (Å²) in [5, 5.41) is 0.702. The van der Waals surface area contributed by atoms with E-state index in [2.05, 4.69) is 4.99 Å². The molecule has 0 spiro atoms. The predicted octanol–water partition coefficient (Wildman–Crippen LogP) is 4.28.